The molecule has 1 N–H and O–H groups in total. The molecular weight excluding hydrogens is 331 g/mol. The summed E-state index contributed by atoms with van der Waals surface area (Å²) in [5.41, 5.74) is 3.29. The van der Waals surface area contributed by atoms with Crippen molar-refractivity contribution in [3.63, 3.8) is 0 Å². The van der Waals surface area contributed by atoms with E-state index in [0.29, 0.717) is 22.3 Å². The Labute approximate surface area is 146 Å². The third-order valence-corrected chi connectivity index (χ3v) is 4.78. The van der Waals surface area contributed by atoms with Crippen LogP contribution in [-0.4, -0.2) is 24.4 Å². The van der Waals surface area contributed by atoms with Crippen molar-refractivity contribution < 1.29 is 4.79 Å². The number of fused-ring (bicyclic) bond motifs is 1. The van der Waals surface area contributed by atoms with Crippen LogP contribution in [0, 0.1) is 0 Å². The van der Waals surface area contributed by atoms with Crippen LogP contribution in [0.4, 0.5) is 5.69 Å². The Balaban J connectivity index is 1.64. The number of carbonyl (C=O) groups is 1. The van der Waals surface area contributed by atoms with Crippen LogP contribution in [-0.2, 0) is 11.2 Å². The van der Waals surface area contributed by atoms with E-state index in [4.69, 9.17) is 23.2 Å². The van der Waals surface area contributed by atoms with Gasteiger partial charge in [0.1, 0.15) is 0 Å². The lowest BCUT2D eigenvalue weighted by atomic mass is 10.1. The fourth-order valence-electron chi connectivity index (χ4n) is 3.11. The highest BCUT2D eigenvalue weighted by Crippen LogP contribution is 2.34. The van der Waals surface area contributed by atoms with Gasteiger partial charge < -0.3 is 5.32 Å². The van der Waals surface area contributed by atoms with E-state index < -0.39 is 0 Å². The van der Waals surface area contributed by atoms with Crippen LogP contribution in [0.5, 0.6) is 0 Å². The molecular formula is C18H18Cl2N2O. The van der Waals surface area contributed by atoms with Crippen molar-refractivity contribution in [1.82, 2.24) is 4.90 Å². The quantitative estimate of drug-likeness (QED) is 0.878. The normalized spacial score (nSPS) is 16.4. The highest BCUT2D eigenvalue weighted by molar-refractivity contribution is 6.36. The molecule has 0 saturated carbocycles. The molecule has 3 nitrogen and oxygen atoms in total. The maximum Gasteiger partial charge on any atom is 0.238 e. The summed E-state index contributed by atoms with van der Waals surface area (Å²) in [5.74, 6) is -0.0823. The number of nitrogens with zero attached hydrogens (tertiary/aromatic N) is 1. The van der Waals surface area contributed by atoms with E-state index in [1.807, 2.05) is 7.05 Å². The molecule has 0 radical (unpaired) electrons. The second-order valence-corrected chi connectivity index (χ2v) is 6.68. The minimum atomic E-state index is -0.0823. The van der Waals surface area contributed by atoms with Crippen molar-refractivity contribution >= 4 is 34.8 Å². The predicted molar refractivity (Wildman–Crippen MR) is 95.2 cm³/mol. The molecule has 3 rings (SSSR count). The molecule has 0 saturated heterocycles. The molecule has 0 fully saturated rings. The summed E-state index contributed by atoms with van der Waals surface area (Å²) >= 11 is 12.0. The summed E-state index contributed by atoms with van der Waals surface area (Å²) in [7, 11) is 1.98. The Morgan fingerprint density at radius 2 is 2.04 bits per heavy atom. The standard InChI is InChI=1S/C18H18Cl2N2O/c1-22(17-9-6-12-4-2-3-5-14(12)17)11-18(23)21-16-8-7-13(19)10-15(16)20/h2-5,7-8,10,17H,6,9,11H2,1H3,(H,21,23)/t17-/m1/s1. The van der Waals surface area contributed by atoms with E-state index in [0.717, 1.165) is 12.8 Å². The van der Waals surface area contributed by atoms with Crippen LogP contribution in [0.25, 0.3) is 0 Å². The largest absolute Gasteiger partial charge is 0.324 e. The molecule has 2 aromatic carbocycles. The lowest BCUT2D eigenvalue weighted by molar-refractivity contribution is -0.117. The van der Waals surface area contributed by atoms with Gasteiger partial charge in [0.25, 0.3) is 0 Å². The molecule has 1 aliphatic rings. The number of anilines is 1. The van der Waals surface area contributed by atoms with Crippen molar-refractivity contribution in [2.45, 2.75) is 18.9 Å². The zero-order valence-corrected chi connectivity index (χ0v) is 14.4. The number of carbonyl (C=O) groups excluding carboxylic acids is 1. The van der Waals surface area contributed by atoms with Crippen LogP contribution >= 0.6 is 23.2 Å². The first-order chi connectivity index (χ1) is 11.0. The number of amides is 1. The number of rotatable bonds is 4. The summed E-state index contributed by atoms with van der Waals surface area (Å²) in [6.07, 6.45) is 2.11. The topological polar surface area (TPSA) is 32.3 Å². The molecule has 0 bridgehead atoms. The van der Waals surface area contributed by atoms with Crippen molar-refractivity contribution in [3.05, 3.63) is 63.6 Å². The number of aryl methyl sites for hydroxylation is 1. The summed E-state index contributed by atoms with van der Waals surface area (Å²) in [4.78, 5) is 14.4. The molecule has 2 aromatic rings. The number of hydrogen-bond donors (Lipinski definition) is 1. The zero-order valence-electron chi connectivity index (χ0n) is 12.9. The van der Waals surface area contributed by atoms with Crippen molar-refractivity contribution in [2.24, 2.45) is 0 Å². The number of hydrogen-bond acceptors (Lipinski definition) is 2. The van der Waals surface area contributed by atoms with E-state index in [2.05, 4.69) is 34.5 Å². The van der Waals surface area contributed by atoms with Gasteiger partial charge in [0.2, 0.25) is 5.91 Å². The number of likely N-dealkylation sites (N-methyl/N-ethyl adjacent to an activating group) is 1. The fraction of sp³-hybridized carbons (Fsp3) is 0.278. The van der Waals surface area contributed by atoms with Crippen LogP contribution < -0.4 is 5.32 Å². The van der Waals surface area contributed by atoms with Gasteiger partial charge in [-0.3, -0.25) is 9.69 Å². The van der Waals surface area contributed by atoms with Gasteiger partial charge in [0.05, 0.1) is 17.3 Å². The molecule has 0 aliphatic heterocycles. The van der Waals surface area contributed by atoms with E-state index in [1.54, 1.807) is 18.2 Å². The van der Waals surface area contributed by atoms with E-state index in [1.165, 1.54) is 11.1 Å². The first-order valence-corrected chi connectivity index (χ1v) is 8.33. The molecule has 0 spiro atoms. The van der Waals surface area contributed by atoms with Gasteiger partial charge in [0.15, 0.2) is 0 Å². The Kier molecular flexibility index (Phi) is 4.90. The van der Waals surface area contributed by atoms with E-state index >= 15 is 0 Å². The molecule has 23 heavy (non-hydrogen) atoms. The lowest BCUT2D eigenvalue weighted by Crippen LogP contribution is -2.32. The van der Waals surface area contributed by atoms with Gasteiger partial charge in [-0.05, 0) is 49.2 Å². The van der Waals surface area contributed by atoms with E-state index in [-0.39, 0.29) is 11.9 Å². The maximum absolute atomic E-state index is 12.3. The van der Waals surface area contributed by atoms with Gasteiger partial charge in [-0.1, -0.05) is 47.5 Å². The average Bonchev–Trinajstić information content (AvgIpc) is 2.94. The van der Waals surface area contributed by atoms with Gasteiger partial charge >= 0.3 is 0 Å². The van der Waals surface area contributed by atoms with Crippen LogP contribution in [0.2, 0.25) is 10.0 Å². The Bertz CT molecular complexity index is 733. The number of benzene rings is 2. The lowest BCUT2D eigenvalue weighted by Gasteiger charge is -2.24. The van der Waals surface area contributed by atoms with Crippen molar-refractivity contribution in [3.8, 4) is 0 Å². The van der Waals surface area contributed by atoms with Gasteiger partial charge in [0, 0.05) is 11.1 Å². The third kappa shape index (κ3) is 3.69. The summed E-state index contributed by atoms with van der Waals surface area (Å²) in [5, 5.41) is 3.84. The monoisotopic (exact) mass is 348 g/mol. The van der Waals surface area contributed by atoms with Gasteiger partial charge in [-0.15, -0.1) is 0 Å². The first-order valence-electron chi connectivity index (χ1n) is 7.57. The third-order valence-electron chi connectivity index (χ3n) is 4.23. The second kappa shape index (κ2) is 6.91. The van der Waals surface area contributed by atoms with Crippen LogP contribution in [0.1, 0.15) is 23.6 Å². The molecule has 1 atom stereocenters. The second-order valence-electron chi connectivity index (χ2n) is 5.84. The van der Waals surface area contributed by atoms with E-state index in [9.17, 15) is 4.79 Å². The van der Waals surface area contributed by atoms with Crippen LogP contribution in [0.3, 0.4) is 0 Å². The summed E-state index contributed by atoms with van der Waals surface area (Å²) in [6, 6.07) is 13.8. The molecule has 0 heterocycles. The highest BCUT2D eigenvalue weighted by atomic mass is 35.5. The predicted octanol–water partition coefficient (Wildman–Crippen LogP) is 4.55. The zero-order chi connectivity index (χ0) is 16.4. The van der Waals surface area contributed by atoms with Crippen molar-refractivity contribution in [1.29, 1.82) is 0 Å². The molecule has 5 heteroatoms. The highest BCUT2D eigenvalue weighted by Gasteiger charge is 2.26. The summed E-state index contributed by atoms with van der Waals surface area (Å²) < 4.78 is 0. The Morgan fingerprint density at radius 1 is 1.26 bits per heavy atom. The number of nitrogens with one attached hydrogen (secondary N) is 1. The van der Waals surface area contributed by atoms with Crippen LogP contribution in [0.15, 0.2) is 42.5 Å². The minimum Gasteiger partial charge on any atom is -0.324 e. The smallest absolute Gasteiger partial charge is 0.238 e. The molecule has 1 aliphatic carbocycles. The Hall–Kier alpha value is -1.55. The maximum atomic E-state index is 12.3. The van der Waals surface area contributed by atoms with Gasteiger partial charge in [-0.25, -0.2) is 0 Å². The summed E-state index contributed by atoms with van der Waals surface area (Å²) in [6.45, 7) is 0.317. The minimum absolute atomic E-state index is 0.0823. The Morgan fingerprint density at radius 3 is 2.83 bits per heavy atom. The molecule has 120 valence electrons. The molecule has 0 aromatic heterocycles. The van der Waals surface area contributed by atoms with Crippen molar-refractivity contribution in [2.75, 3.05) is 18.9 Å². The molecule has 0 unspecified atom stereocenters. The average molecular weight is 349 g/mol. The number of halogens is 2. The fourth-order valence-corrected chi connectivity index (χ4v) is 3.57. The molecule has 1 amide bonds. The first kappa shape index (κ1) is 16.3. The van der Waals surface area contributed by atoms with Gasteiger partial charge in [-0.2, -0.15) is 0 Å². The SMILES string of the molecule is CN(CC(=O)Nc1ccc(Cl)cc1Cl)[C@@H]1CCc2ccccc21.